The van der Waals surface area contributed by atoms with Crippen molar-refractivity contribution in [1.82, 2.24) is 0 Å². The molecule has 0 aliphatic carbocycles. The summed E-state index contributed by atoms with van der Waals surface area (Å²) in [4.78, 5) is 0. The highest BCUT2D eigenvalue weighted by Crippen LogP contribution is 2.26. The number of para-hydroxylation sites is 1. The van der Waals surface area contributed by atoms with E-state index in [4.69, 9.17) is 8.85 Å². The molecule has 1 aromatic rings. The van der Waals surface area contributed by atoms with E-state index in [0.29, 0.717) is 19.0 Å². The summed E-state index contributed by atoms with van der Waals surface area (Å²) in [7, 11) is -2.23. The summed E-state index contributed by atoms with van der Waals surface area (Å²) < 4.78 is 11.9. The van der Waals surface area contributed by atoms with Crippen molar-refractivity contribution in [2.24, 2.45) is 0 Å². The van der Waals surface area contributed by atoms with Crippen LogP contribution in [0.1, 0.15) is 32.8 Å². The number of phenols is 1. The summed E-state index contributed by atoms with van der Waals surface area (Å²) in [6.07, 6.45) is 1.04. The van der Waals surface area contributed by atoms with Crippen LogP contribution in [0.4, 0.5) is 0 Å². The van der Waals surface area contributed by atoms with Crippen LogP contribution < -0.4 is 0 Å². The van der Waals surface area contributed by atoms with E-state index < -0.39 is 8.56 Å². The van der Waals surface area contributed by atoms with E-state index in [1.165, 1.54) is 0 Å². The van der Waals surface area contributed by atoms with E-state index >= 15 is 0 Å². The third-order valence-electron chi connectivity index (χ3n) is 2.90. The number of rotatable bonds is 8. The van der Waals surface area contributed by atoms with Crippen molar-refractivity contribution < 1.29 is 14.0 Å². The van der Waals surface area contributed by atoms with Gasteiger partial charge < -0.3 is 14.0 Å². The van der Waals surface area contributed by atoms with Crippen LogP contribution in [0.25, 0.3) is 0 Å². The van der Waals surface area contributed by atoms with Gasteiger partial charge in [-0.25, -0.2) is 0 Å². The average Bonchev–Trinajstić information content (AvgIpc) is 2.33. The topological polar surface area (TPSA) is 38.7 Å². The number of aromatic hydroxyl groups is 1. The summed E-state index contributed by atoms with van der Waals surface area (Å²) in [5.74, 6) is 0.338. The fraction of sp³-hybridized carbons (Fsp3) is 0.571. The Morgan fingerprint density at radius 3 is 2.17 bits per heavy atom. The van der Waals surface area contributed by atoms with Gasteiger partial charge in [0, 0.05) is 19.3 Å². The third-order valence-corrected chi connectivity index (χ3v) is 6.71. The van der Waals surface area contributed by atoms with E-state index in [1.807, 2.05) is 32.0 Å². The van der Waals surface area contributed by atoms with Crippen molar-refractivity contribution in [1.29, 1.82) is 0 Å². The maximum Gasteiger partial charge on any atom is 0.342 e. The number of benzene rings is 1. The predicted octanol–water partition coefficient (Wildman–Crippen LogP) is 3.40. The van der Waals surface area contributed by atoms with Gasteiger partial charge in [0.1, 0.15) is 5.75 Å². The Kier molecular flexibility index (Phi) is 6.39. The second kappa shape index (κ2) is 7.56. The van der Waals surface area contributed by atoms with E-state index in [1.54, 1.807) is 6.07 Å². The molecule has 1 N–H and O–H groups in total. The molecular formula is C14H24O3Si. The van der Waals surface area contributed by atoms with E-state index in [-0.39, 0.29) is 0 Å². The second-order valence-corrected chi connectivity index (χ2v) is 7.58. The van der Waals surface area contributed by atoms with Crippen molar-refractivity contribution in [3.63, 3.8) is 0 Å². The fourth-order valence-corrected chi connectivity index (χ4v) is 5.68. The zero-order valence-electron chi connectivity index (χ0n) is 11.6. The highest BCUT2D eigenvalue weighted by atomic mass is 28.4. The molecule has 0 radical (unpaired) electrons. The summed E-state index contributed by atoms with van der Waals surface area (Å²) >= 11 is 0. The zero-order chi connectivity index (χ0) is 13.4. The average molecular weight is 268 g/mol. The van der Waals surface area contributed by atoms with Crippen molar-refractivity contribution in [3.8, 4) is 5.75 Å². The Balaban J connectivity index is 2.91. The molecule has 0 spiro atoms. The Labute approximate surface area is 111 Å². The summed E-state index contributed by atoms with van der Waals surface area (Å²) in [5, 5.41) is 9.89. The molecule has 1 rings (SSSR count). The molecule has 0 amide bonds. The monoisotopic (exact) mass is 268 g/mol. The fourth-order valence-electron chi connectivity index (χ4n) is 2.23. The maximum absolute atomic E-state index is 9.89. The minimum absolute atomic E-state index is 0.338. The van der Waals surface area contributed by atoms with Gasteiger partial charge in [-0.1, -0.05) is 31.5 Å². The summed E-state index contributed by atoms with van der Waals surface area (Å²) in [6, 6.07) is 9.13. The smallest absolute Gasteiger partial charge is 0.342 e. The molecule has 0 aliphatic heterocycles. The molecule has 18 heavy (non-hydrogen) atoms. The molecule has 102 valence electrons. The molecule has 0 unspecified atom stereocenters. The normalized spacial score (nSPS) is 11.7. The standard InChI is InChI=1S/C14H24O3Si/c1-4-11-18(16-5-2,17-6-3)12-13-9-7-8-10-14(13)15/h7-10,15H,4-6,11-12H2,1-3H3. The van der Waals surface area contributed by atoms with Gasteiger partial charge in [0.2, 0.25) is 0 Å². The molecule has 3 nitrogen and oxygen atoms in total. The van der Waals surface area contributed by atoms with Gasteiger partial charge in [0.05, 0.1) is 0 Å². The first-order chi connectivity index (χ1) is 8.67. The minimum Gasteiger partial charge on any atom is -0.508 e. The minimum atomic E-state index is -2.23. The quantitative estimate of drug-likeness (QED) is 0.734. The van der Waals surface area contributed by atoms with Crippen molar-refractivity contribution in [2.75, 3.05) is 13.2 Å². The highest BCUT2D eigenvalue weighted by Gasteiger charge is 2.37. The lowest BCUT2D eigenvalue weighted by atomic mass is 10.2. The van der Waals surface area contributed by atoms with E-state index in [2.05, 4.69) is 6.92 Å². The van der Waals surface area contributed by atoms with Crippen molar-refractivity contribution in [2.45, 2.75) is 39.3 Å². The predicted molar refractivity (Wildman–Crippen MR) is 75.9 cm³/mol. The van der Waals surface area contributed by atoms with Gasteiger partial charge in [0.25, 0.3) is 0 Å². The van der Waals surface area contributed by atoms with Gasteiger partial charge in [0.15, 0.2) is 0 Å². The number of phenolic OH excluding ortho intramolecular Hbond substituents is 1. The summed E-state index contributed by atoms with van der Waals surface area (Å²) in [6.45, 7) is 7.48. The van der Waals surface area contributed by atoms with Crippen molar-refractivity contribution in [3.05, 3.63) is 29.8 Å². The van der Waals surface area contributed by atoms with Gasteiger partial charge >= 0.3 is 8.56 Å². The van der Waals surface area contributed by atoms with E-state index in [0.717, 1.165) is 24.1 Å². The van der Waals surface area contributed by atoms with Crippen molar-refractivity contribution >= 4 is 8.56 Å². The molecule has 0 atom stereocenters. The van der Waals surface area contributed by atoms with Gasteiger partial charge in [-0.15, -0.1) is 0 Å². The molecular weight excluding hydrogens is 244 g/mol. The Morgan fingerprint density at radius 1 is 1.06 bits per heavy atom. The third kappa shape index (κ3) is 4.12. The number of hydrogen-bond donors (Lipinski definition) is 1. The molecule has 0 saturated carbocycles. The van der Waals surface area contributed by atoms with Crippen LogP contribution in [0.2, 0.25) is 6.04 Å². The molecule has 0 saturated heterocycles. The van der Waals surface area contributed by atoms with Crippen LogP contribution >= 0.6 is 0 Å². The molecule has 4 heteroatoms. The van der Waals surface area contributed by atoms with Crippen LogP contribution in [0, 0.1) is 0 Å². The highest BCUT2D eigenvalue weighted by molar-refractivity contribution is 6.67. The SMILES string of the molecule is CCC[Si](Cc1ccccc1O)(OCC)OCC. The molecule has 1 aromatic carbocycles. The lowest BCUT2D eigenvalue weighted by molar-refractivity contribution is 0.181. The first-order valence-corrected chi connectivity index (χ1v) is 8.95. The van der Waals surface area contributed by atoms with Gasteiger partial charge in [-0.2, -0.15) is 0 Å². The molecule has 0 aliphatic rings. The number of hydrogen-bond acceptors (Lipinski definition) is 3. The van der Waals surface area contributed by atoms with E-state index in [9.17, 15) is 5.11 Å². The van der Waals surface area contributed by atoms with Gasteiger partial charge in [-0.3, -0.25) is 0 Å². The maximum atomic E-state index is 9.89. The lowest BCUT2D eigenvalue weighted by Gasteiger charge is -2.30. The molecule has 0 fully saturated rings. The molecule has 0 bridgehead atoms. The Morgan fingerprint density at radius 2 is 1.67 bits per heavy atom. The Hall–Kier alpha value is -0.843. The largest absolute Gasteiger partial charge is 0.508 e. The first kappa shape index (κ1) is 15.2. The zero-order valence-corrected chi connectivity index (χ0v) is 12.6. The Bertz CT molecular complexity index is 338. The summed E-state index contributed by atoms with van der Waals surface area (Å²) in [5.41, 5.74) is 0.930. The van der Waals surface area contributed by atoms with Crippen LogP contribution in [0.5, 0.6) is 5.75 Å². The lowest BCUT2D eigenvalue weighted by Crippen LogP contribution is -2.45. The van der Waals surface area contributed by atoms with Crippen LogP contribution in [-0.4, -0.2) is 26.9 Å². The second-order valence-electron chi connectivity index (χ2n) is 4.33. The molecule has 0 heterocycles. The molecule has 0 aromatic heterocycles. The van der Waals surface area contributed by atoms with Gasteiger partial charge in [-0.05, 0) is 31.5 Å². The van der Waals surface area contributed by atoms with Crippen LogP contribution in [0.3, 0.4) is 0 Å². The first-order valence-electron chi connectivity index (χ1n) is 6.72. The van der Waals surface area contributed by atoms with Crippen LogP contribution in [-0.2, 0) is 14.9 Å². The van der Waals surface area contributed by atoms with Crippen LogP contribution in [0.15, 0.2) is 24.3 Å².